The minimum absolute atomic E-state index is 0.0856. The Kier molecular flexibility index (Phi) is 6.68. The van der Waals surface area contributed by atoms with Gasteiger partial charge >= 0.3 is 0 Å². The molecule has 8 nitrogen and oxygen atoms in total. The zero-order valence-electron chi connectivity index (χ0n) is 15.6. The Balaban J connectivity index is 1.99. The van der Waals surface area contributed by atoms with E-state index in [1.54, 1.807) is 22.4 Å². The van der Waals surface area contributed by atoms with Crippen LogP contribution in [0.4, 0.5) is 10.1 Å². The van der Waals surface area contributed by atoms with Crippen molar-refractivity contribution >= 4 is 54.7 Å². The first-order chi connectivity index (χ1) is 14.2. The third kappa shape index (κ3) is 4.94. The summed E-state index contributed by atoms with van der Waals surface area (Å²) in [6, 6.07) is 8.55. The van der Waals surface area contributed by atoms with Gasteiger partial charge in [0.1, 0.15) is 11.6 Å². The molecule has 158 valence electrons. The summed E-state index contributed by atoms with van der Waals surface area (Å²) < 4.78 is 40.1. The number of halogens is 1. The largest absolute Gasteiger partial charge is 0.316 e. The monoisotopic (exact) mass is 469 g/mol. The third-order valence-corrected chi connectivity index (χ3v) is 7.35. The number of nitro benzene ring substituents is 1. The third-order valence-electron chi connectivity index (χ3n) is 4.10. The van der Waals surface area contributed by atoms with Crippen LogP contribution in [0, 0.1) is 15.9 Å². The molecule has 12 heteroatoms. The standard InChI is InChI=1S/C18H16FN3O5S3/c1-28-9-8-21-15-7-4-13(22(24)25)10-16(15)29-18(21)20-17(23)11-30(26,27)14-5-2-12(19)3-6-14/h2-7,10H,8-9,11H2,1H3. The van der Waals surface area contributed by atoms with Crippen LogP contribution in [0.5, 0.6) is 0 Å². The number of carbonyl (C=O) groups is 1. The summed E-state index contributed by atoms with van der Waals surface area (Å²) in [7, 11) is -3.98. The van der Waals surface area contributed by atoms with Crippen LogP contribution in [0.25, 0.3) is 10.2 Å². The fraction of sp³-hybridized carbons (Fsp3) is 0.222. The highest BCUT2D eigenvalue weighted by molar-refractivity contribution is 7.98. The predicted molar refractivity (Wildman–Crippen MR) is 114 cm³/mol. The second-order valence-electron chi connectivity index (χ2n) is 6.16. The zero-order chi connectivity index (χ0) is 21.9. The van der Waals surface area contributed by atoms with Gasteiger partial charge in [0.05, 0.1) is 20.0 Å². The van der Waals surface area contributed by atoms with E-state index in [9.17, 15) is 27.7 Å². The first-order valence-corrected chi connectivity index (χ1v) is 12.4. The number of nitrogens with zero attached hydrogens (tertiary/aromatic N) is 3. The summed E-state index contributed by atoms with van der Waals surface area (Å²) in [5, 5.41) is 11.0. The molecule has 0 saturated heterocycles. The Morgan fingerprint density at radius 2 is 1.97 bits per heavy atom. The van der Waals surface area contributed by atoms with E-state index >= 15 is 0 Å². The lowest BCUT2D eigenvalue weighted by Crippen LogP contribution is -2.21. The van der Waals surface area contributed by atoms with Crippen molar-refractivity contribution in [3.63, 3.8) is 0 Å². The molecule has 1 amide bonds. The quantitative estimate of drug-likeness (QED) is 0.299. The number of amides is 1. The molecule has 0 aliphatic heterocycles. The molecule has 2 aromatic carbocycles. The summed E-state index contributed by atoms with van der Waals surface area (Å²) in [6.45, 7) is 0.496. The maximum atomic E-state index is 13.0. The Bertz CT molecular complexity index is 1280. The van der Waals surface area contributed by atoms with Crippen molar-refractivity contribution in [3.8, 4) is 0 Å². The van der Waals surface area contributed by atoms with E-state index in [2.05, 4.69) is 4.99 Å². The average molecular weight is 470 g/mol. The van der Waals surface area contributed by atoms with Crippen LogP contribution in [0.3, 0.4) is 0 Å². The van der Waals surface area contributed by atoms with Crippen LogP contribution in [-0.4, -0.2) is 41.6 Å². The van der Waals surface area contributed by atoms with Crippen LogP contribution in [0.2, 0.25) is 0 Å². The second-order valence-corrected chi connectivity index (χ2v) is 10.1. The number of aromatic nitrogens is 1. The van der Waals surface area contributed by atoms with Gasteiger partial charge in [-0.15, -0.1) is 0 Å². The summed E-state index contributed by atoms with van der Waals surface area (Å²) in [5.74, 6) is -1.62. The highest BCUT2D eigenvalue weighted by Crippen LogP contribution is 2.23. The Hall–Kier alpha value is -2.57. The predicted octanol–water partition coefficient (Wildman–Crippen LogP) is 3.01. The zero-order valence-corrected chi connectivity index (χ0v) is 18.1. The van der Waals surface area contributed by atoms with Gasteiger partial charge in [0, 0.05) is 24.4 Å². The molecule has 30 heavy (non-hydrogen) atoms. The van der Waals surface area contributed by atoms with Crippen LogP contribution in [0.15, 0.2) is 52.4 Å². The number of benzene rings is 2. The lowest BCUT2D eigenvalue weighted by molar-refractivity contribution is -0.384. The maximum Gasteiger partial charge on any atom is 0.270 e. The number of aryl methyl sites for hydroxylation is 1. The number of nitro groups is 1. The van der Waals surface area contributed by atoms with Gasteiger partial charge in [0.15, 0.2) is 14.6 Å². The molecule has 1 aromatic heterocycles. The van der Waals surface area contributed by atoms with Gasteiger partial charge in [-0.2, -0.15) is 16.8 Å². The average Bonchev–Trinajstić information content (AvgIpc) is 3.02. The molecule has 0 atom stereocenters. The number of carbonyl (C=O) groups excluding carboxylic acids is 1. The molecule has 1 heterocycles. The summed E-state index contributed by atoms with van der Waals surface area (Å²) in [5.41, 5.74) is 0.588. The van der Waals surface area contributed by atoms with Gasteiger partial charge < -0.3 is 4.57 Å². The molecule has 0 radical (unpaired) electrons. The van der Waals surface area contributed by atoms with Gasteiger partial charge in [-0.25, -0.2) is 12.8 Å². The highest BCUT2D eigenvalue weighted by atomic mass is 32.2. The molecule has 0 N–H and O–H groups in total. The molecule has 0 fully saturated rings. The number of hydrogen-bond acceptors (Lipinski definition) is 7. The van der Waals surface area contributed by atoms with Gasteiger partial charge in [0.2, 0.25) is 0 Å². The van der Waals surface area contributed by atoms with Crippen molar-refractivity contribution in [1.29, 1.82) is 0 Å². The number of rotatable bonds is 7. The van der Waals surface area contributed by atoms with E-state index in [-0.39, 0.29) is 15.4 Å². The lowest BCUT2D eigenvalue weighted by atomic mass is 10.3. The molecule has 0 aliphatic rings. The first kappa shape index (κ1) is 22.1. The lowest BCUT2D eigenvalue weighted by Gasteiger charge is -2.04. The van der Waals surface area contributed by atoms with Crippen LogP contribution in [0.1, 0.15) is 0 Å². The fourth-order valence-electron chi connectivity index (χ4n) is 2.69. The van der Waals surface area contributed by atoms with Crippen molar-refractivity contribution in [2.45, 2.75) is 11.4 Å². The normalized spacial score (nSPS) is 12.4. The molecule has 0 aliphatic carbocycles. The van der Waals surface area contributed by atoms with Crippen LogP contribution >= 0.6 is 23.1 Å². The van der Waals surface area contributed by atoms with Crippen molar-refractivity contribution in [3.05, 3.63) is 63.2 Å². The molecule has 3 rings (SSSR count). The number of sulfone groups is 1. The van der Waals surface area contributed by atoms with Crippen LogP contribution < -0.4 is 4.80 Å². The number of non-ortho nitro benzene ring substituents is 1. The first-order valence-electron chi connectivity index (χ1n) is 8.54. The van der Waals surface area contributed by atoms with E-state index in [1.165, 1.54) is 12.1 Å². The topological polar surface area (TPSA) is 112 Å². The maximum absolute atomic E-state index is 13.0. The van der Waals surface area contributed by atoms with E-state index in [0.29, 0.717) is 22.5 Å². The van der Waals surface area contributed by atoms with Crippen molar-refractivity contribution in [2.24, 2.45) is 4.99 Å². The van der Waals surface area contributed by atoms with E-state index in [4.69, 9.17) is 0 Å². The Morgan fingerprint density at radius 3 is 2.60 bits per heavy atom. The Morgan fingerprint density at radius 1 is 1.27 bits per heavy atom. The summed E-state index contributed by atoms with van der Waals surface area (Å²) >= 11 is 2.65. The van der Waals surface area contributed by atoms with E-state index in [1.807, 2.05) is 6.26 Å². The number of fused-ring (bicyclic) bond motifs is 1. The minimum Gasteiger partial charge on any atom is -0.316 e. The summed E-state index contributed by atoms with van der Waals surface area (Å²) in [4.78, 5) is 27.0. The van der Waals surface area contributed by atoms with Crippen molar-refractivity contribution in [1.82, 2.24) is 4.57 Å². The van der Waals surface area contributed by atoms with E-state index < -0.39 is 32.2 Å². The fourth-order valence-corrected chi connectivity index (χ4v) is 5.26. The second kappa shape index (κ2) is 9.06. The van der Waals surface area contributed by atoms with Gasteiger partial charge in [-0.05, 0) is 36.6 Å². The van der Waals surface area contributed by atoms with Crippen LogP contribution in [-0.2, 0) is 21.2 Å². The van der Waals surface area contributed by atoms with Crippen molar-refractivity contribution < 1.29 is 22.5 Å². The molecule has 3 aromatic rings. The highest BCUT2D eigenvalue weighted by Gasteiger charge is 2.20. The molecule has 0 saturated carbocycles. The van der Waals surface area contributed by atoms with Gasteiger partial charge in [-0.3, -0.25) is 14.9 Å². The molecule has 0 unspecified atom stereocenters. The van der Waals surface area contributed by atoms with Gasteiger partial charge in [-0.1, -0.05) is 11.3 Å². The number of thioether (sulfide) groups is 1. The molecular weight excluding hydrogens is 453 g/mol. The van der Waals surface area contributed by atoms with E-state index in [0.717, 1.165) is 35.6 Å². The SMILES string of the molecule is CSCCn1c(=NC(=O)CS(=O)(=O)c2ccc(F)cc2)sc2cc([N+](=O)[O-])ccc21. The Labute approximate surface area is 179 Å². The van der Waals surface area contributed by atoms with Gasteiger partial charge in [0.25, 0.3) is 11.6 Å². The number of hydrogen-bond donors (Lipinski definition) is 0. The number of thiazole rings is 1. The minimum atomic E-state index is -3.98. The smallest absolute Gasteiger partial charge is 0.270 e. The molecule has 0 bridgehead atoms. The molecular formula is C18H16FN3O5S3. The molecule has 0 spiro atoms. The summed E-state index contributed by atoms with van der Waals surface area (Å²) in [6.07, 6.45) is 1.91. The van der Waals surface area contributed by atoms with Crippen molar-refractivity contribution in [2.75, 3.05) is 17.8 Å².